The molecular weight excluding hydrogens is 532 g/mol. The number of alkyl halides is 3. The van der Waals surface area contributed by atoms with Gasteiger partial charge in [-0.15, -0.1) is 0 Å². The third-order valence-electron chi connectivity index (χ3n) is 5.23. The maximum atomic E-state index is 13.2. The summed E-state index contributed by atoms with van der Waals surface area (Å²) in [5, 5.41) is 15.3. The summed E-state index contributed by atoms with van der Waals surface area (Å²) in [5.41, 5.74) is 1.02. The van der Waals surface area contributed by atoms with Gasteiger partial charge in [0.25, 0.3) is 0 Å². The van der Waals surface area contributed by atoms with E-state index >= 15 is 0 Å². The van der Waals surface area contributed by atoms with Crippen molar-refractivity contribution >= 4 is 57.8 Å². The molecule has 4 rings (SSSR count). The first kappa shape index (κ1) is 25.1. The van der Waals surface area contributed by atoms with Gasteiger partial charge in [-0.1, -0.05) is 40.9 Å². The Labute approximate surface area is 214 Å². The summed E-state index contributed by atoms with van der Waals surface area (Å²) >= 11 is 23.4. The van der Waals surface area contributed by atoms with E-state index < -0.39 is 11.9 Å². The van der Waals surface area contributed by atoms with Crippen LogP contribution in [0.2, 0.25) is 15.1 Å². The van der Waals surface area contributed by atoms with E-state index in [-0.39, 0.29) is 10.9 Å². The minimum Gasteiger partial charge on any atom is -0.362 e. The van der Waals surface area contributed by atoms with Crippen LogP contribution in [-0.2, 0) is 19.3 Å². The van der Waals surface area contributed by atoms with Crippen molar-refractivity contribution in [2.24, 2.45) is 0 Å². The molecule has 2 N–H and O–H groups in total. The molecule has 0 atom stereocenters. The average molecular weight is 552 g/mol. The predicted molar refractivity (Wildman–Crippen MR) is 131 cm³/mol. The van der Waals surface area contributed by atoms with Crippen molar-refractivity contribution in [3.63, 3.8) is 0 Å². The molecule has 0 bridgehead atoms. The van der Waals surface area contributed by atoms with Gasteiger partial charge in [0.15, 0.2) is 10.8 Å². The second kappa shape index (κ2) is 10.3. The Morgan fingerprint density at radius 3 is 2.65 bits per heavy atom. The lowest BCUT2D eigenvalue weighted by Gasteiger charge is -2.10. The van der Waals surface area contributed by atoms with Crippen molar-refractivity contribution in [2.75, 3.05) is 11.9 Å². The zero-order chi connectivity index (χ0) is 24.5. The van der Waals surface area contributed by atoms with E-state index in [1.807, 2.05) is 6.07 Å². The first-order valence-corrected chi connectivity index (χ1v) is 12.0. The molecule has 0 spiro atoms. The number of thiocarbonyl (C=S) groups is 1. The van der Waals surface area contributed by atoms with E-state index in [2.05, 4.69) is 20.8 Å². The Morgan fingerprint density at radius 2 is 1.97 bits per heavy atom. The molecule has 2 heterocycles. The highest BCUT2D eigenvalue weighted by Crippen LogP contribution is 2.46. The van der Waals surface area contributed by atoms with Crippen LogP contribution in [0.15, 0.2) is 30.6 Å². The largest absolute Gasteiger partial charge is 0.436 e. The topological polar surface area (TPSA) is 59.7 Å². The van der Waals surface area contributed by atoms with Crippen LogP contribution in [0, 0.1) is 0 Å². The zero-order valence-corrected chi connectivity index (χ0v) is 20.8. The van der Waals surface area contributed by atoms with Gasteiger partial charge in [-0.05, 0) is 49.2 Å². The normalized spacial score (nSPS) is 13.8. The van der Waals surface area contributed by atoms with E-state index in [0.717, 1.165) is 18.4 Å². The molecule has 0 unspecified atom stereocenters. The Morgan fingerprint density at radius 1 is 1.21 bits per heavy atom. The molecule has 0 aliphatic heterocycles. The van der Waals surface area contributed by atoms with Gasteiger partial charge >= 0.3 is 6.18 Å². The van der Waals surface area contributed by atoms with Gasteiger partial charge in [0.1, 0.15) is 0 Å². The molecule has 1 saturated carbocycles. The number of benzene rings is 1. The molecule has 2 aromatic heterocycles. The fourth-order valence-electron chi connectivity index (χ4n) is 3.50. The van der Waals surface area contributed by atoms with Crippen LogP contribution < -0.4 is 10.6 Å². The highest BCUT2D eigenvalue weighted by Gasteiger charge is 2.41. The van der Waals surface area contributed by atoms with Gasteiger partial charge in [-0.3, -0.25) is 9.36 Å². The highest BCUT2D eigenvalue weighted by atomic mass is 35.5. The Bertz CT molecular complexity index is 1190. The van der Waals surface area contributed by atoms with E-state index in [4.69, 9.17) is 47.0 Å². The molecule has 1 aliphatic carbocycles. The molecule has 182 valence electrons. The molecule has 0 radical (unpaired) electrons. The van der Waals surface area contributed by atoms with Gasteiger partial charge < -0.3 is 10.6 Å². The molecule has 3 aromatic rings. The lowest BCUT2D eigenvalue weighted by Crippen LogP contribution is -2.29. The van der Waals surface area contributed by atoms with Crippen LogP contribution >= 0.6 is 47.0 Å². The van der Waals surface area contributed by atoms with Crippen molar-refractivity contribution in [1.29, 1.82) is 0 Å². The van der Waals surface area contributed by atoms with Crippen molar-refractivity contribution in [3.8, 4) is 0 Å². The van der Waals surface area contributed by atoms with Crippen LogP contribution in [0.1, 0.15) is 42.1 Å². The SMILES string of the molecule is FC(F)(F)c1nn(CCCNC(=S)Nc2cnn(Cc3ccc(Cl)cc3Cl)c2)c(C2CC2)c1Cl. The number of halogens is 6. The van der Waals surface area contributed by atoms with Crippen LogP contribution in [0.25, 0.3) is 0 Å². The first-order chi connectivity index (χ1) is 16.1. The predicted octanol–water partition coefficient (Wildman–Crippen LogP) is 6.36. The number of hydrogen-bond acceptors (Lipinski definition) is 3. The molecule has 1 aliphatic rings. The summed E-state index contributed by atoms with van der Waals surface area (Å²) in [6, 6.07) is 5.28. The molecule has 1 aromatic carbocycles. The molecule has 0 amide bonds. The number of anilines is 1. The first-order valence-electron chi connectivity index (χ1n) is 10.5. The number of nitrogens with zero attached hydrogens (tertiary/aromatic N) is 4. The summed E-state index contributed by atoms with van der Waals surface area (Å²) in [6.45, 7) is 1.22. The second-order valence-electron chi connectivity index (χ2n) is 7.94. The second-order valence-corrected chi connectivity index (χ2v) is 9.57. The number of aromatic nitrogens is 4. The number of nitrogens with one attached hydrogen (secondary N) is 2. The van der Waals surface area contributed by atoms with Crippen LogP contribution in [0.5, 0.6) is 0 Å². The van der Waals surface area contributed by atoms with E-state index in [1.165, 1.54) is 4.68 Å². The Kier molecular flexibility index (Phi) is 7.61. The average Bonchev–Trinajstić information content (AvgIpc) is 3.39. The number of aryl methyl sites for hydroxylation is 1. The molecule has 34 heavy (non-hydrogen) atoms. The lowest BCUT2D eigenvalue weighted by atomic mass is 10.2. The molecule has 13 heteroatoms. The quantitative estimate of drug-likeness (QED) is 0.252. The minimum absolute atomic E-state index is 0.0473. The molecule has 6 nitrogen and oxygen atoms in total. The maximum absolute atomic E-state index is 13.2. The van der Waals surface area contributed by atoms with E-state index in [0.29, 0.717) is 52.6 Å². The number of rotatable bonds is 8. The standard InChI is InChI=1S/C21H20Cl3F3N6S/c22-14-5-4-13(16(23)8-14)10-32-11-15(9-29-32)30-20(34)28-6-1-7-33-18(12-2-3-12)17(24)19(31-33)21(25,26)27/h4-5,8-9,11-12H,1-3,6-7,10H2,(H2,28,30,34). The van der Waals surface area contributed by atoms with Gasteiger partial charge in [0.2, 0.25) is 0 Å². The van der Waals surface area contributed by atoms with Crippen LogP contribution in [-0.4, -0.2) is 31.2 Å². The van der Waals surface area contributed by atoms with Crippen LogP contribution in [0.3, 0.4) is 0 Å². The van der Waals surface area contributed by atoms with Crippen LogP contribution in [0.4, 0.5) is 18.9 Å². The van der Waals surface area contributed by atoms with Gasteiger partial charge in [-0.2, -0.15) is 23.4 Å². The number of hydrogen-bond donors (Lipinski definition) is 2. The molecular formula is C21H20Cl3F3N6S. The zero-order valence-electron chi connectivity index (χ0n) is 17.7. The monoisotopic (exact) mass is 550 g/mol. The summed E-state index contributed by atoms with van der Waals surface area (Å²) in [5.74, 6) is 0.0473. The van der Waals surface area contributed by atoms with Crippen molar-refractivity contribution < 1.29 is 13.2 Å². The Balaban J connectivity index is 1.26. The van der Waals surface area contributed by atoms with Gasteiger partial charge in [-0.25, -0.2) is 0 Å². The maximum Gasteiger partial charge on any atom is 0.436 e. The summed E-state index contributed by atoms with van der Waals surface area (Å²) in [7, 11) is 0. The Hall–Kier alpha value is -2.01. The van der Waals surface area contributed by atoms with Crippen molar-refractivity contribution in [2.45, 2.75) is 44.4 Å². The summed E-state index contributed by atoms with van der Waals surface area (Å²) in [6.07, 6.45) is 1.01. The van der Waals surface area contributed by atoms with Gasteiger partial charge in [0, 0.05) is 35.2 Å². The van der Waals surface area contributed by atoms with Crippen molar-refractivity contribution in [3.05, 3.63) is 62.6 Å². The smallest absolute Gasteiger partial charge is 0.362 e. The lowest BCUT2D eigenvalue weighted by molar-refractivity contribution is -0.141. The summed E-state index contributed by atoms with van der Waals surface area (Å²) < 4.78 is 42.6. The minimum atomic E-state index is -4.57. The summed E-state index contributed by atoms with van der Waals surface area (Å²) in [4.78, 5) is 0. The van der Waals surface area contributed by atoms with E-state index in [1.54, 1.807) is 29.2 Å². The van der Waals surface area contributed by atoms with Gasteiger partial charge in [0.05, 0.1) is 29.1 Å². The van der Waals surface area contributed by atoms with Crippen molar-refractivity contribution in [1.82, 2.24) is 24.9 Å². The fourth-order valence-corrected chi connectivity index (χ4v) is 4.58. The molecule has 0 saturated heterocycles. The highest BCUT2D eigenvalue weighted by molar-refractivity contribution is 7.80. The van der Waals surface area contributed by atoms with E-state index in [9.17, 15) is 13.2 Å². The fraction of sp³-hybridized carbons (Fsp3) is 0.381. The third kappa shape index (κ3) is 6.16. The third-order valence-corrected chi connectivity index (χ3v) is 6.44. The molecule has 1 fully saturated rings.